The maximum Gasteiger partial charge on any atom is 0.286 e. The molecule has 0 aliphatic carbocycles. The summed E-state index contributed by atoms with van der Waals surface area (Å²) in [6.45, 7) is 3.69. The Labute approximate surface area is 238 Å². The van der Waals surface area contributed by atoms with Crippen molar-refractivity contribution in [3.8, 4) is 16.9 Å². The van der Waals surface area contributed by atoms with Crippen LogP contribution in [-0.2, 0) is 19.6 Å². The second-order valence-electron chi connectivity index (χ2n) is 9.97. The second-order valence-corrected chi connectivity index (χ2v) is 12.9. The predicted molar refractivity (Wildman–Crippen MR) is 157 cm³/mol. The minimum atomic E-state index is -3.63. The van der Waals surface area contributed by atoms with Crippen molar-refractivity contribution in [1.82, 2.24) is 19.0 Å². The summed E-state index contributed by atoms with van der Waals surface area (Å²) >= 11 is 1.35. The third-order valence-electron chi connectivity index (χ3n) is 7.25. The van der Waals surface area contributed by atoms with Crippen LogP contribution in [-0.4, -0.2) is 77.9 Å². The molecule has 11 heteroatoms. The van der Waals surface area contributed by atoms with Gasteiger partial charge in [-0.2, -0.15) is 14.4 Å². The Balaban J connectivity index is 1.37. The van der Waals surface area contributed by atoms with Crippen LogP contribution in [0.2, 0.25) is 0 Å². The van der Waals surface area contributed by atoms with E-state index in [1.807, 2.05) is 48.7 Å². The van der Waals surface area contributed by atoms with Gasteiger partial charge in [-0.1, -0.05) is 43.2 Å². The minimum Gasteiger partial charge on any atom is -0.378 e. The lowest BCUT2D eigenvalue weighted by atomic mass is 10.1. The molecule has 1 aromatic heterocycles. The summed E-state index contributed by atoms with van der Waals surface area (Å²) in [5.74, 6) is -0.289. The fraction of sp³-hybridized carbons (Fsp3) is 0.345. The van der Waals surface area contributed by atoms with Gasteiger partial charge in [0.25, 0.3) is 5.91 Å². The Hall–Kier alpha value is -3.25. The monoisotopic (exact) mass is 577 g/mol. The fourth-order valence-electron chi connectivity index (χ4n) is 5.09. The number of carbonyl (C=O) groups is 1. The zero-order valence-electron chi connectivity index (χ0n) is 22.1. The Bertz CT molecular complexity index is 1550. The maximum absolute atomic E-state index is 13.6. The Kier molecular flexibility index (Phi) is 7.88. The van der Waals surface area contributed by atoms with E-state index in [4.69, 9.17) is 9.84 Å². The zero-order chi connectivity index (χ0) is 27.5. The van der Waals surface area contributed by atoms with Crippen LogP contribution in [0.15, 0.2) is 75.6 Å². The van der Waals surface area contributed by atoms with Gasteiger partial charge in [-0.3, -0.25) is 4.79 Å². The lowest BCUT2D eigenvalue weighted by Crippen LogP contribution is -2.38. The number of thioether (sulfide) groups is 1. The van der Waals surface area contributed by atoms with Crippen molar-refractivity contribution in [1.29, 1.82) is 0 Å². The first-order chi connectivity index (χ1) is 19.5. The van der Waals surface area contributed by atoms with E-state index < -0.39 is 10.0 Å². The van der Waals surface area contributed by atoms with Crippen molar-refractivity contribution in [2.75, 3.05) is 39.4 Å². The number of morpholine rings is 1. The predicted octanol–water partition coefficient (Wildman–Crippen LogP) is 4.41. The third-order valence-corrected chi connectivity index (χ3v) is 10.2. The summed E-state index contributed by atoms with van der Waals surface area (Å²) in [6, 6.07) is 16.7. The van der Waals surface area contributed by atoms with E-state index in [1.54, 1.807) is 27.2 Å². The largest absolute Gasteiger partial charge is 0.378 e. The number of carbonyl (C=O) groups excluding carboxylic acids is 1. The van der Waals surface area contributed by atoms with E-state index in [0.717, 1.165) is 31.4 Å². The van der Waals surface area contributed by atoms with E-state index in [-0.39, 0.29) is 10.8 Å². The molecule has 2 aromatic carbocycles. The number of amides is 1. The Morgan fingerprint density at radius 3 is 2.40 bits per heavy atom. The van der Waals surface area contributed by atoms with Gasteiger partial charge in [-0.05, 0) is 54.9 Å². The second kappa shape index (κ2) is 11.7. The summed E-state index contributed by atoms with van der Waals surface area (Å²) in [6.07, 6.45) is 7.52. The van der Waals surface area contributed by atoms with Crippen LogP contribution < -0.4 is 0 Å². The molecule has 6 rings (SSSR count). The molecule has 0 radical (unpaired) electrons. The van der Waals surface area contributed by atoms with Crippen molar-refractivity contribution in [2.45, 2.75) is 30.6 Å². The fourth-order valence-corrected chi connectivity index (χ4v) is 7.61. The first-order valence-electron chi connectivity index (χ1n) is 13.6. The van der Waals surface area contributed by atoms with E-state index in [9.17, 15) is 13.2 Å². The normalized spacial score (nSPS) is 20.1. The molecule has 9 nitrogen and oxygen atoms in total. The van der Waals surface area contributed by atoms with Crippen LogP contribution in [0.1, 0.15) is 31.2 Å². The summed E-state index contributed by atoms with van der Waals surface area (Å²) in [5.41, 5.74) is 2.83. The first kappa shape index (κ1) is 26.9. The molecule has 0 unspecified atom stereocenters. The quantitative estimate of drug-likeness (QED) is 0.415. The summed E-state index contributed by atoms with van der Waals surface area (Å²) < 4.78 is 35.9. The van der Waals surface area contributed by atoms with Crippen LogP contribution in [0, 0.1) is 0 Å². The maximum atomic E-state index is 13.6. The van der Waals surface area contributed by atoms with Crippen molar-refractivity contribution in [3.63, 3.8) is 0 Å². The number of para-hydroxylation sites is 1. The van der Waals surface area contributed by atoms with E-state index in [0.29, 0.717) is 66.3 Å². The average molecular weight is 578 g/mol. The van der Waals surface area contributed by atoms with Crippen LogP contribution in [0.4, 0.5) is 0 Å². The summed E-state index contributed by atoms with van der Waals surface area (Å²) in [4.78, 5) is 20.0. The number of amidine groups is 1. The summed E-state index contributed by atoms with van der Waals surface area (Å²) in [7, 11) is -3.63. The molecule has 0 saturated carbocycles. The molecule has 3 aromatic rings. The van der Waals surface area contributed by atoms with Gasteiger partial charge in [-0.15, -0.1) is 0 Å². The highest BCUT2D eigenvalue weighted by molar-refractivity contribution is 8.18. The topological polar surface area (TPSA) is 97.1 Å². The van der Waals surface area contributed by atoms with Gasteiger partial charge in [-0.25, -0.2) is 13.1 Å². The van der Waals surface area contributed by atoms with E-state index in [2.05, 4.69) is 9.89 Å². The van der Waals surface area contributed by atoms with Gasteiger partial charge in [0, 0.05) is 43.5 Å². The van der Waals surface area contributed by atoms with Crippen molar-refractivity contribution < 1.29 is 17.9 Å². The average Bonchev–Trinajstić information content (AvgIpc) is 3.45. The molecule has 0 bridgehead atoms. The number of hydrogen-bond acceptors (Lipinski definition) is 7. The minimum absolute atomic E-state index is 0.254. The zero-order valence-corrected chi connectivity index (χ0v) is 23.7. The lowest BCUT2D eigenvalue weighted by Gasteiger charge is -2.27. The van der Waals surface area contributed by atoms with Gasteiger partial charge in [0.15, 0.2) is 5.17 Å². The highest BCUT2D eigenvalue weighted by Crippen LogP contribution is 2.34. The molecule has 3 aliphatic heterocycles. The van der Waals surface area contributed by atoms with E-state index >= 15 is 0 Å². The molecule has 3 aliphatic rings. The van der Waals surface area contributed by atoms with E-state index in [1.165, 1.54) is 11.8 Å². The molecule has 208 valence electrons. The Morgan fingerprint density at radius 1 is 0.900 bits per heavy atom. The lowest BCUT2D eigenvalue weighted by molar-refractivity contribution is -0.113. The van der Waals surface area contributed by atoms with Gasteiger partial charge in [0.2, 0.25) is 10.0 Å². The summed E-state index contributed by atoms with van der Waals surface area (Å²) in [5, 5.41) is 5.54. The molecule has 40 heavy (non-hydrogen) atoms. The highest BCUT2D eigenvalue weighted by atomic mass is 32.2. The van der Waals surface area contributed by atoms with Crippen molar-refractivity contribution in [2.24, 2.45) is 4.99 Å². The van der Waals surface area contributed by atoms with Gasteiger partial charge in [0.1, 0.15) is 5.69 Å². The Morgan fingerprint density at radius 2 is 1.65 bits per heavy atom. The van der Waals surface area contributed by atoms with Crippen LogP contribution in [0.3, 0.4) is 0 Å². The highest BCUT2D eigenvalue weighted by Gasteiger charge is 2.29. The van der Waals surface area contributed by atoms with Crippen molar-refractivity contribution >= 4 is 38.9 Å². The molecule has 0 atom stereocenters. The SMILES string of the molecule is O=C1N=C(N2CCOCC2)S/C1=C\c1cn(-c2ccccc2)nc1-c1cccc(S(=O)(=O)N2CCCCCC2)c1. The van der Waals surface area contributed by atoms with Gasteiger partial charge >= 0.3 is 0 Å². The van der Waals surface area contributed by atoms with Gasteiger partial charge in [0.05, 0.1) is 28.7 Å². The van der Waals surface area contributed by atoms with Crippen LogP contribution in [0.5, 0.6) is 0 Å². The number of aliphatic imine (C=N–C) groups is 1. The molecular formula is C29H31N5O4S2. The van der Waals surface area contributed by atoms with Gasteiger partial charge < -0.3 is 9.64 Å². The molecule has 0 N–H and O–H groups in total. The molecule has 0 spiro atoms. The molecular weight excluding hydrogens is 546 g/mol. The van der Waals surface area contributed by atoms with Crippen LogP contribution in [0.25, 0.3) is 23.0 Å². The van der Waals surface area contributed by atoms with Crippen LogP contribution >= 0.6 is 11.8 Å². The molecule has 4 heterocycles. The number of hydrogen-bond donors (Lipinski definition) is 0. The number of nitrogens with zero attached hydrogens (tertiary/aromatic N) is 5. The third kappa shape index (κ3) is 5.64. The molecule has 1 amide bonds. The number of benzene rings is 2. The number of sulfonamides is 1. The first-order valence-corrected chi connectivity index (χ1v) is 15.9. The number of ether oxygens (including phenoxy) is 1. The number of aromatic nitrogens is 2. The standard InChI is InChI=1S/C29H31N5O4S2/c35-28-26(39-29(30-28)32-15-17-38-18-16-32)20-23-21-34(24-10-4-3-5-11-24)31-27(23)22-9-8-12-25(19-22)40(36,37)33-13-6-1-2-7-14-33/h3-5,8-12,19-21H,1-2,6-7,13-18H2/b26-20-. The van der Waals surface area contributed by atoms with Crippen molar-refractivity contribution in [3.05, 3.63) is 71.3 Å². The molecule has 2 fully saturated rings. The smallest absolute Gasteiger partial charge is 0.286 e. The molecule has 2 saturated heterocycles. The number of rotatable bonds is 5.